The van der Waals surface area contributed by atoms with E-state index in [1.165, 1.54) is 6.07 Å². The average molecular weight is 336 g/mol. The van der Waals surface area contributed by atoms with Crippen LogP contribution in [0.5, 0.6) is 0 Å². The molecule has 0 aliphatic carbocycles. The third-order valence-electron chi connectivity index (χ3n) is 4.00. The lowest BCUT2D eigenvalue weighted by atomic mass is 10.1. The van der Waals surface area contributed by atoms with Crippen molar-refractivity contribution >= 4 is 5.91 Å². The fourth-order valence-electron chi connectivity index (χ4n) is 2.71. The number of nitrogens with one attached hydrogen (secondary N) is 1. The molecule has 0 unspecified atom stereocenters. The van der Waals surface area contributed by atoms with E-state index in [9.17, 15) is 13.6 Å². The smallest absolute Gasteiger partial charge is 0.251 e. The zero-order chi connectivity index (χ0) is 16.9. The Labute approximate surface area is 138 Å². The van der Waals surface area contributed by atoms with Crippen molar-refractivity contribution < 1.29 is 22.7 Å². The highest BCUT2D eigenvalue weighted by Gasteiger charge is 2.25. The molecule has 1 aliphatic heterocycles. The van der Waals surface area contributed by atoms with Gasteiger partial charge in [-0.25, -0.2) is 8.78 Å². The number of furan rings is 1. The Bertz CT molecular complexity index is 685. The molecule has 0 bridgehead atoms. The molecule has 1 aromatic heterocycles. The summed E-state index contributed by atoms with van der Waals surface area (Å²) in [6.45, 7) is 2.99. The van der Waals surface area contributed by atoms with E-state index in [-0.39, 0.29) is 11.6 Å². The van der Waals surface area contributed by atoms with Crippen molar-refractivity contribution in [2.45, 2.75) is 6.04 Å². The molecule has 128 valence electrons. The molecule has 2 aromatic rings. The third-order valence-corrected chi connectivity index (χ3v) is 4.00. The largest absolute Gasteiger partial charge is 0.468 e. The number of hydrogen-bond acceptors (Lipinski definition) is 4. The summed E-state index contributed by atoms with van der Waals surface area (Å²) < 4.78 is 37.1. The van der Waals surface area contributed by atoms with Crippen LogP contribution in [0.2, 0.25) is 0 Å². The van der Waals surface area contributed by atoms with Crippen LogP contribution in [-0.4, -0.2) is 43.7 Å². The molecule has 1 amide bonds. The number of halogens is 2. The second-order valence-corrected chi connectivity index (χ2v) is 5.52. The lowest BCUT2D eigenvalue weighted by molar-refractivity contribution is 0.0118. The molecule has 1 N–H and O–H groups in total. The molecule has 5 nitrogen and oxygen atoms in total. The zero-order valence-electron chi connectivity index (χ0n) is 13.0. The van der Waals surface area contributed by atoms with Crippen molar-refractivity contribution in [3.05, 3.63) is 59.6 Å². The van der Waals surface area contributed by atoms with E-state index in [2.05, 4.69) is 10.2 Å². The summed E-state index contributed by atoms with van der Waals surface area (Å²) in [7, 11) is 0. The van der Waals surface area contributed by atoms with Crippen molar-refractivity contribution in [1.82, 2.24) is 10.2 Å². The standard InChI is InChI=1S/C17H18F2N2O3/c18-13-4-3-12(10-14(13)19)17(22)20-11-15(16-2-1-7-24-16)21-5-8-23-9-6-21/h1-4,7,10,15H,5-6,8-9,11H2,(H,20,22)/t15-/m0/s1. The van der Waals surface area contributed by atoms with Gasteiger partial charge in [-0.05, 0) is 30.3 Å². The van der Waals surface area contributed by atoms with Gasteiger partial charge in [0, 0.05) is 25.2 Å². The van der Waals surface area contributed by atoms with Gasteiger partial charge >= 0.3 is 0 Å². The van der Waals surface area contributed by atoms with Gasteiger partial charge in [-0.1, -0.05) is 0 Å². The Morgan fingerprint density at radius 3 is 2.67 bits per heavy atom. The lowest BCUT2D eigenvalue weighted by Gasteiger charge is -2.33. The van der Waals surface area contributed by atoms with Crippen LogP contribution in [0.1, 0.15) is 22.2 Å². The van der Waals surface area contributed by atoms with Crippen LogP contribution >= 0.6 is 0 Å². The van der Waals surface area contributed by atoms with Gasteiger partial charge in [-0.15, -0.1) is 0 Å². The highest BCUT2D eigenvalue weighted by Crippen LogP contribution is 2.22. The Kier molecular flexibility index (Phi) is 5.22. The third kappa shape index (κ3) is 3.80. The predicted octanol–water partition coefficient (Wildman–Crippen LogP) is 2.36. The van der Waals surface area contributed by atoms with Gasteiger partial charge in [0.1, 0.15) is 5.76 Å². The molecule has 7 heteroatoms. The summed E-state index contributed by atoms with van der Waals surface area (Å²) in [4.78, 5) is 14.4. The molecule has 2 heterocycles. The summed E-state index contributed by atoms with van der Waals surface area (Å²) in [6, 6.07) is 6.59. The molecule has 1 aromatic carbocycles. The van der Waals surface area contributed by atoms with Crippen LogP contribution in [0.25, 0.3) is 0 Å². The number of benzene rings is 1. The maximum absolute atomic E-state index is 13.3. The average Bonchev–Trinajstić information content (AvgIpc) is 3.12. The van der Waals surface area contributed by atoms with Crippen LogP contribution in [0, 0.1) is 11.6 Å². The molecule has 1 aliphatic rings. The Balaban J connectivity index is 1.68. The second-order valence-electron chi connectivity index (χ2n) is 5.52. The maximum atomic E-state index is 13.3. The minimum atomic E-state index is -1.04. The Hall–Kier alpha value is -2.25. The first-order valence-corrected chi connectivity index (χ1v) is 7.73. The fraction of sp³-hybridized carbons (Fsp3) is 0.353. The Morgan fingerprint density at radius 1 is 1.21 bits per heavy atom. The minimum Gasteiger partial charge on any atom is -0.468 e. The van der Waals surface area contributed by atoms with E-state index in [1.807, 2.05) is 6.07 Å². The first-order chi connectivity index (χ1) is 11.6. The van der Waals surface area contributed by atoms with E-state index >= 15 is 0 Å². The topological polar surface area (TPSA) is 54.7 Å². The monoisotopic (exact) mass is 336 g/mol. The minimum absolute atomic E-state index is 0.0778. The normalized spacial score (nSPS) is 16.8. The van der Waals surface area contributed by atoms with Gasteiger partial charge in [0.05, 0.1) is 25.5 Å². The van der Waals surface area contributed by atoms with Crippen molar-refractivity contribution in [2.24, 2.45) is 0 Å². The fourth-order valence-corrected chi connectivity index (χ4v) is 2.71. The Morgan fingerprint density at radius 2 is 2.00 bits per heavy atom. The summed E-state index contributed by atoms with van der Waals surface area (Å²) in [5.41, 5.74) is 0.0778. The van der Waals surface area contributed by atoms with E-state index in [1.54, 1.807) is 12.3 Å². The van der Waals surface area contributed by atoms with Gasteiger partial charge < -0.3 is 14.5 Å². The number of carbonyl (C=O) groups is 1. The molecule has 24 heavy (non-hydrogen) atoms. The van der Waals surface area contributed by atoms with Gasteiger partial charge in [-0.2, -0.15) is 0 Å². The summed E-state index contributed by atoms with van der Waals surface area (Å²) >= 11 is 0. The van der Waals surface area contributed by atoms with Crippen molar-refractivity contribution in [2.75, 3.05) is 32.8 Å². The number of hydrogen-bond donors (Lipinski definition) is 1. The summed E-state index contributed by atoms with van der Waals surface area (Å²) in [6.07, 6.45) is 1.58. The highest BCUT2D eigenvalue weighted by atomic mass is 19.2. The van der Waals surface area contributed by atoms with Crippen LogP contribution in [0.15, 0.2) is 41.0 Å². The van der Waals surface area contributed by atoms with E-state index in [4.69, 9.17) is 9.15 Å². The van der Waals surface area contributed by atoms with Crippen molar-refractivity contribution in [1.29, 1.82) is 0 Å². The number of nitrogens with zero attached hydrogens (tertiary/aromatic N) is 1. The van der Waals surface area contributed by atoms with Crippen molar-refractivity contribution in [3.63, 3.8) is 0 Å². The van der Waals surface area contributed by atoms with E-state index in [0.717, 1.165) is 31.0 Å². The molecule has 3 rings (SSSR count). The molecule has 0 saturated carbocycles. The van der Waals surface area contributed by atoms with Crippen LogP contribution < -0.4 is 5.32 Å². The first-order valence-electron chi connectivity index (χ1n) is 7.73. The molecule has 0 spiro atoms. The van der Waals surface area contributed by atoms with Crippen LogP contribution in [0.3, 0.4) is 0 Å². The highest BCUT2D eigenvalue weighted by molar-refractivity contribution is 5.94. The first kappa shape index (κ1) is 16.6. The van der Waals surface area contributed by atoms with Crippen molar-refractivity contribution in [3.8, 4) is 0 Å². The van der Waals surface area contributed by atoms with Gasteiger partial charge in [0.15, 0.2) is 11.6 Å². The van der Waals surface area contributed by atoms with Crippen LogP contribution in [0.4, 0.5) is 8.78 Å². The molecule has 1 saturated heterocycles. The molecule has 0 radical (unpaired) electrons. The number of ether oxygens (including phenoxy) is 1. The molecular formula is C17H18F2N2O3. The maximum Gasteiger partial charge on any atom is 0.251 e. The van der Waals surface area contributed by atoms with Gasteiger partial charge in [0.2, 0.25) is 0 Å². The van der Waals surface area contributed by atoms with Crippen LogP contribution in [-0.2, 0) is 4.74 Å². The number of rotatable bonds is 5. The summed E-state index contributed by atoms with van der Waals surface area (Å²) in [5, 5.41) is 2.76. The summed E-state index contributed by atoms with van der Waals surface area (Å²) in [5.74, 6) is -1.74. The number of morpholine rings is 1. The molecule has 1 fully saturated rings. The SMILES string of the molecule is O=C(NC[C@@H](c1ccco1)N1CCOCC1)c1ccc(F)c(F)c1. The van der Waals surface area contributed by atoms with E-state index < -0.39 is 17.5 Å². The number of carbonyl (C=O) groups excluding carboxylic acids is 1. The van der Waals surface area contributed by atoms with Gasteiger partial charge in [-0.3, -0.25) is 9.69 Å². The quantitative estimate of drug-likeness (QED) is 0.911. The molecular weight excluding hydrogens is 318 g/mol. The second kappa shape index (κ2) is 7.55. The zero-order valence-corrected chi connectivity index (χ0v) is 13.0. The predicted molar refractivity (Wildman–Crippen MR) is 82.5 cm³/mol. The number of amides is 1. The van der Waals surface area contributed by atoms with E-state index in [0.29, 0.717) is 19.8 Å². The van der Waals surface area contributed by atoms with Gasteiger partial charge in [0.25, 0.3) is 5.91 Å². The lowest BCUT2D eigenvalue weighted by Crippen LogP contribution is -2.43. The molecule has 1 atom stereocenters.